The SMILES string of the molecule is Nc1ccc([N+](=O)[O-])cc1C(=O)OCc1ccc(C(F)(F)F)cc1. The van der Waals surface area contributed by atoms with E-state index in [0.29, 0.717) is 5.56 Å². The quantitative estimate of drug-likeness (QED) is 0.397. The maximum absolute atomic E-state index is 12.4. The van der Waals surface area contributed by atoms with Crippen molar-refractivity contribution < 1.29 is 27.6 Å². The van der Waals surface area contributed by atoms with E-state index in [1.807, 2.05) is 0 Å². The summed E-state index contributed by atoms with van der Waals surface area (Å²) >= 11 is 0. The molecule has 0 heterocycles. The molecule has 0 saturated heterocycles. The first-order valence-corrected chi connectivity index (χ1v) is 6.55. The fraction of sp³-hybridized carbons (Fsp3) is 0.133. The molecule has 0 spiro atoms. The lowest BCUT2D eigenvalue weighted by atomic mass is 10.1. The second-order valence-corrected chi connectivity index (χ2v) is 4.80. The summed E-state index contributed by atoms with van der Waals surface area (Å²) in [7, 11) is 0. The van der Waals surface area contributed by atoms with Crippen LogP contribution in [0.4, 0.5) is 24.5 Å². The molecular weight excluding hydrogens is 329 g/mol. The molecule has 0 aliphatic rings. The summed E-state index contributed by atoms with van der Waals surface area (Å²) in [4.78, 5) is 21.9. The lowest BCUT2D eigenvalue weighted by molar-refractivity contribution is -0.384. The highest BCUT2D eigenvalue weighted by Gasteiger charge is 2.30. The Kier molecular flexibility index (Phi) is 4.72. The number of nitro groups is 1. The van der Waals surface area contributed by atoms with E-state index in [1.54, 1.807) is 0 Å². The summed E-state index contributed by atoms with van der Waals surface area (Å²) < 4.78 is 42.3. The summed E-state index contributed by atoms with van der Waals surface area (Å²) in [5, 5.41) is 10.7. The molecule has 2 N–H and O–H groups in total. The van der Waals surface area contributed by atoms with E-state index < -0.39 is 22.6 Å². The Morgan fingerprint density at radius 1 is 1.17 bits per heavy atom. The van der Waals surface area contributed by atoms with Crippen LogP contribution in [0.2, 0.25) is 0 Å². The van der Waals surface area contributed by atoms with E-state index in [0.717, 1.165) is 24.3 Å². The first-order valence-electron chi connectivity index (χ1n) is 6.55. The molecule has 6 nitrogen and oxygen atoms in total. The molecule has 0 fully saturated rings. The molecule has 2 rings (SSSR count). The minimum absolute atomic E-state index is 0.00183. The number of nitro benzene ring substituents is 1. The Morgan fingerprint density at radius 3 is 2.33 bits per heavy atom. The maximum atomic E-state index is 12.4. The van der Waals surface area contributed by atoms with Gasteiger partial charge in [-0.05, 0) is 23.8 Å². The second-order valence-electron chi connectivity index (χ2n) is 4.80. The van der Waals surface area contributed by atoms with Gasteiger partial charge >= 0.3 is 12.1 Å². The van der Waals surface area contributed by atoms with Crippen molar-refractivity contribution in [3.63, 3.8) is 0 Å². The van der Waals surface area contributed by atoms with Gasteiger partial charge in [-0.25, -0.2) is 4.79 Å². The van der Waals surface area contributed by atoms with Crippen molar-refractivity contribution >= 4 is 17.3 Å². The highest BCUT2D eigenvalue weighted by atomic mass is 19.4. The molecular formula is C15H11F3N2O4. The summed E-state index contributed by atoms with van der Waals surface area (Å²) in [6.45, 7) is -0.293. The van der Waals surface area contributed by atoms with Gasteiger partial charge in [-0.2, -0.15) is 13.2 Å². The molecule has 0 bridgehead atoms. The molecule has 9 heteroatoms. The van der Waals surface area contributed by atoms with Gasteiger partial charge in [0.05, 0.1) is 16.1 Å². The van der Waals surface area contributed by atoms with Crippen LogP contribution in [0.15, 0.2) is 42.5 Å². The minimum Gasteiger partial charge on any atom is -0.457 e. The number of non-ortho nitro benzene ring substituents is 1. The number of hydrogen-bond donors (Lipinski definition) is 1. The highest BCUT2D eigenvalue weighted by Crippen LogP contribution is 2.29. The Hall–Kier alpha value is -3.10. The van der Waals surface area contributed by atoms with Gasteiger partial charge in [-0.1, -0.05) is 12.1 Å². The molecule has 0 saturated carbocycles. The Bertz CT molecular complexity index is 773. The van der Waals surface area contributed by atoms with Crippen molar-refractivity contribution in [2.75, 3.05) is 5.73 Å². The van der Waals surface area contributed by atoms with E-state index in [2.05, 4.69) is 0 Å². The number of esters is 1. The van der Waals surface area contributed by atoms with Crippen LogP contribution < -0.4 is 5.73 Å². The zero-order valence-corrected chi connectivity index (χ0v) is 12.0. The number of carbonyl (C=O) groups excluding carboxylic acids is 1. The first kappa shape index (κ1) is 17.3. The first-order chi connectivity index (χ1) is 11.2. The van der Waals surface area contributed by atoms with Crippen LogP contribution in [0.1, 0.15) is 21.5 Å². The predicted molar refractivity (Wildman–Crippen MR) is 78.1 cm³/mol. The smallest absolute Gasteiger partial charge is 0.416 e. The van der Waals surface area contributed by atoms with Gasteiger partial charge in [0.1, 0.15) is 6.61 Å². The van der Waals surface area contributed by atoms with E-state index in [1.165, 1.54) is 18.2 Å². The van der Waals surface area contributed by atoms with Crippen LogP contribution in [0.5, 0.6) is 0 Å². The third kappa shape index (κ3) is 4.00. The van der Waals surface area contributed by atoms with Gasteiger partial charge in [0.25, 0.3) is 5.69 Å². The van der Waals surface area contributed by atoms with Gasteiger partial charge in [-0.3, -0.25) is 10.1 Å². The van der Waals surface area contributed by atoms with Gasteiger partial charge in [0.2, 0.25) is 0 Å². The number of rotatable bonds is 4. The van der Waals surface area contributed by atoms with Crippen LogP contribution in [-0.2, 0) is 17.5 Å². The lowest BCUT2D eigenvalue weighted by Crippen LogP contribution is -2.09. The molecule has 126 valence electrons. The molecule has 0 amide bonds. The Balaban J connectivity index is 2.08. The van der Waals surface area contributed by atoms with Crippen LogP contribution >= 0.6 is 0 Å². The minimum atomic E-state index is -4.45. The van der Waals surface area contributed by atoms with E-state index in [9.17, 15) is 28.1 Å². The topological polar surface area (TPSA) is 95.5 Å². The van der Waals surface area contributed by atoms with Crippen molar-refractivity contribution in [2.45, 2.75) is 12.8 Å². The van der Waals surface area contributed by atoms with Crippen molar-refractivity contribution in [1.82, 2.24) is 0 Å². The number of nitrogens with zero attached hydrogens (tertiary/aromatic N) is 1. The van der Waals surface area contributed by atoms with E-state index in [-0.39, 0.29) is 23.5 Å². The number of hydrogen-bond acceptors (Lipinski definition) is 5. The molecule has 0 aliphatic carbocycles. The monoisotopic (exact) mass is 340 g/mol. The van der Waals surface area contributed by atoms with Crippen molar-refractivity contribution in [1.29, 1.82) is 0 Å². The predicted octanol–water partition coefficient (Wildman–Crippen LogP) is 3.55. The standard InChI is InChI=1S/C15H11F3N2O4/c16-15(17,18)10-3-1-9(2-4-10)8-24-14(21)12-7-11(20(22)23)5-6-13(12)19/h1-7H,8,19H2. The fourth-order valence-corrected chi connectivity index (χ4v) is 1.85. The summed E-state index contributed by atoms with van der Waals surface area (Å²) in [6, 6.07) is 7.40. The average molecular weight is 340 g/mol. The molecule has 0 aliphatic heterocycles. The molecule has 2 aromatic carbocycles. The van der Waals surface area contributed by atoms with Crippen LogP contribution in [0.3, 0.4) is 0 Å². The van der Waals surface area contributed by atoms with Crippen molar-refractivity contribution in [3.05, 3.63) is 69.3 Å². The van der Waals surface area contributed by atoms with Crippen molar-refractivity contribution in [3.8, 4) is 0 Å². The third-order valence-electron chi connectivity index (χ3n) is 3.12. The van der Waals surface area contributed by atoms with Crippen LogP contribution in [0, 0.1) is 10.1 Å². The largest absolute Gasteiger partial charge is 0.457 e. The number of nitrogens with two attached hydrogens (primary N) is 1. The number of anilines is 1. The van der Waals surface area contributed by atoms with Crippen LogP contribution in [0.25, 0.3) is 0 Å². The number of ether oxygens (including phenoxy) is 1. The van der Waals surface area contributed by atoms with Gasteiger partial charge < -0.3 is 10.5 Å². The summed E-state index contributed by atoms with van der Waals surface area (Å²) in [6.07, 6.45) is -4.45. The number of alkyl halides is 3. The Labute approximate surface area is 133 Å². The molecule has 0 atom stereocenters. The zero-order chi connectivity index (χ0) is 17.9. The number of benzene rings is 2. The normalized spacial score (nSPS) is 11.1. The molecule has 0 radical (unpaired) electrons. The Morgan fingerprint density at radius 2 is 1.79 bits per heavy atom. The summed E-state index contributed by atoms with van der Waals surface area (Å²) in [5.41, 5.74) is 4.58. The lowest BCUT2D eigenvalue weighted by Gasteiger charge is -2.09. The maximum Gasteiger partial charge on any atom is 0.416 e. The molecule has 24 heavy (non-hydrogen) atoms. The van der Waals surface area contributed by atoms with E-state index in [4.69, 9.17) is 10.5 Å². The van der Waals surface area contributed by atoms with Crippen molar-refractivity contribution in [2.24, 2.45) is 0 Å². The number of halogens is 3. The fourth-order valence-electron chi connectivity index (χ4n) is 1.85. The van der Waals surface area contributed by atoms with Crippen LogP contribution in [-0.4, -0.2) is 10.9 Å². The number of carbonyl (C=O) groups is 1. The number of nitrogen functional groups attached to an aromatic ring is 1. The van der Waals surface area contributed by atoms with Gasteiger partial charge in [0, 0.05) is 17.8 Å². The highest BCUT2D eigenvalue weighted by molar-refractivity contribution is 5.95. The third-order valence-corrected chi connectivity index (χ3v) is 3.12. The zero-order valence-electron chi connectivity index (χ0n) is 12.0. The average Bonchev–Trinajstić information content (AvgIpc) is 2.52. The molecule has 2 aromatic rings. The van der Waals surface area contributed by atoms with E-state index >= 15 is 0 Å². The molecule has 0 aromatic heterocycles. The molecule has 0 unspecified atom stereocenters. The summed E-state index contributed by atoms with van der Waals surface area (Å²) in [5.74, 6) is -0.906. The second kappa shape index (κ2) is 6.57. The van der Waals surface area contributed by atoms with Gasteiger partial charge in [-0.15, -0.1) is 0 Å². The van der Waals surface area contributed by atoms with Gasteiger partial charge in [0.15, 0.2) is 0 Å².